The lowest BCUT2D eigenvalue weighted by Crippen LogP contribution is -2.35. The van der Waals surface area contributed by atoms with E-state index in [9.17, 15) is 0 Å². The van der Waals surface area contributed by atoms with Gasteiger partial charge < -0.3 is 4.42 Å². The minimum atomic E-state index is -0.693. The third kappa shape index (κ3) is 5.34. The Hall–Kier alpha value is -7.41. The molecule has 0 bridgehead atoms. The standard InChI is InChI=1S/C53H32N4OS/c1-2-12-35(13-3-1)46-30-47(38-24-25-45(55-32-38)37-14-10-26-54-31-37)57-52(56-46)36-23-22-34-21-20-33-11-4-6-16-41(33)53(43(34)27-36)42-17-7-9-19-50(42)59-51-28-40-39-15-5-8-18-48(39)58-49(40)29-44(51)53/h1-32H. The predicted octanol–water partition coefficient (Wildman–Crippen LogP) is 13.2. The van der Waals surface area contributed by atoms with Crippen LogP contribution in [0.3, 0.4) is 0 Å². The second kappa shape index (κ2) is 13.3. The number of nitrogens with zero attached hydrogens (tertiary/aromatic N) is 4. The number of furan rings is 1. The molecule has 59 heavy (non-hydrogen) atoms. The Labute approximate surface area is 344 Å². The molecule has 5 nitrogen and oxygen atoms in total. The lowest BCUT2D eigenvalue weighted by atomic mass is 9.63. The number of rotatable bonds is 4. The molecule has 6 aromatic carbocycles. The molecule has 2 aliphatic rings. The van der Waals surface area contributed by atoms with Crippen molar-refractivity contribution < 1.29 is 4.42 Å². The van der Waals surface area contributed by atoms with E-state index in [0.29, 0.717) is 5.82 Å². The Morgan fingerprint density at radius 2 is 1.17 bits per heavy atom. The summed E-state index contributed by atoms with van der Waals surface area (Å²) in [4.78, 5) is 22.2. The summed E-state index contributed by atoms with van der Waals surface area (Å²) in [5.41, 5.74) is 14.5. The van der Waals surface area contributed by atoms with Crippen LogP contribution in [-0.4, -0.2) is 19.9 Å². The zero-order valence-corrected chi connectivity index (χ0v) is 32.4. The summed E-state index contributed by atoms with van der Waals surface area (Å²) < 4.78 is 6.63. The van der Waals surface area contributed by atoms with E-state index in [1.807, 2.05) is 66.6 Å². The predicted molar refractivity (Wildman–Crippen MR) is 238 cm³/mol. The fourth-order valence-corrected chi connectivity index (χ4v) is 10.2. The second-order valence-electron chi connectivity index (χ2n) is 15.0. The quantitative estimate of drug-likeness (QED) is 0.177. The molecule has 1 atom stereocenters. The first-order chi connectivity index (χ1) is 29.2. The van der Waals surface area contributed by atoms with E-state index in [0.717, 1.165) is 66.8 Å². The first-order valence-electron chi connectivity index (χ1n) is 19.7. The van der Waals surface area contributed by atoms with Crippen molar-refractivity contribution in [2.75, 3.05) is 0 Å². The van der Waals surface area contributed by atoms with Crippen molar-refractivity contribution >= 4 is 45.9 Å². The van der Waals surface area contributed by atoms with Gasteiger partial charge in [0.2, 0.25) is 0 Å². The molecule has 12 rings (SSSR count). The van der Waals surface area contributed by atoms with Crippen LogP contribution in [0.1, 0.15) is 33.4 Å². The minimum absolute atomic E-state index is 0.642. The Balaban J connectivity index is 1.11. The molecule has 0 saturated carbocycles. The van der Waals surface area contributed by atoms with Crippen LogP contribution >= 0.6 is 11.8 Å². The highest BCUT2D eigenvalue weighted by Crippen LogP contribution is 2.59. The Bertz CT molecular complexity index is 3300. The van der Waals surface area contributed by atoms with E-state index in [1.165, 1.54) is 37.6 Å². The van der Waals surface area contributed by atoms with E-state index in [2.05, 4.69) is 138 Å². The fourth-order valence-electron chi connectivity index (χ4n) is 9.02. The molecule has 276 valence electrons. The highest BCUT2D eigenvalue weighted by Gasteiger charge is 2.47. The summed E-state index contributed by atoms with van der Waals surface area (Å²) in [5, 5.41) is 2.24. The van der Waals surface area contributed by atoms with E-state index in [4.69, 9.17) is 19.4 Å². The van der Waals surface area contributed by atoms with Crippen LogP contribution in [0, 0.1) is 0 Å². The van der Waals surface area contributed by atoms with E-state index in [-0.39, 0.29) is 0 Å². The maximum absolute atomic E-state index is 6.63. The fraction of sp³-hybridized carbons (Fsp3) is 0.0189. The van der Waals surface area contributed by atoms with E-state index in [1.54, 1.807) is 6.20 Å². The molecule has 0 N–H and O–H groups in total. The van der Waals surface area contributed by atoms with Gasteiger partial charge in [0.1, 0.15) is 11.2 Å². The number of hydrogen-bond acceptors (Lipinski definition) is 6. The second-order valence-corrected chi connectivity index (χ2v) is 16.1. The SMILES string of the molecule is C1=Cc2ccc(-c3nc(-c4ccccc4)cc(-c4ccc(-c5cccnc5)nc4)n3)cc2C2(c3ccccc31)c1ccccc1Sc1cc3c(cc12)oc1ccccc13. The van der Waals surface area contributed by atoms with Crippen LogP contribution in [-0.2, 0) is 5.41 Å². The maximum Gasteiger partial charge on any atom is 0.160 e. The summed E-state index contributed by atoms with van der Waals surface area (Å²) in [7, 11) is 0. The zero-order chi connectivity index (χ0) is 38.9. The summed E-state index contributed by atoms with van der Waals surface area (Å²) in [5.74, 6) is 0.642. The van der Waals surface area contributed by atoms with Gasteiger partial charge in [0, 0.05) is 61.4 Å². The van der Waals surface area contributed by atoms with Gasteiger partial charge in [-0.3, -0.25) is 9.97 Å². The van der Waals surface area contributed by atoms with Crippen LogP contribution < -0.4 is 0 Å². The smallest absolute Gasteiger partial charge is 0.160 e. The van der Waals surface area contributed by atoms with Gasteiger partial charge in [-0.2, -0.15) is 0 Å². The van der Waals surface area contributed by atoms with Crippen LogP contribution in [0.2, 0.25) is 0 Å². The summed E-state index contributed by atoms with van der Waals surface area (Å²) in [6.45, 7) is 0. The molecule has 4 aromatic heterocycles. The molecule has 0 saturated heterocycles. The number of aromatic nitrogens is 4. The maximum atomic E-state index is 6.63. The molecule has 1 unspecified atom stereocenters. The molecule has 10 aromatic rings. The van der Waals surface area contributed by atoms with Crippen LogP contribution in [0.5, 0.6) is 0 Å². The van der Waals surface area contributed by atoms with Crippen molar-refractivity contribution in [1.82, 2.24) is 19.9 Å². The molecule has 1 spiro atoms. The monoisotopic (exact) mass is 772 g/mol. The van der Waals surface area contributed by atoms with Gasteiger partial charge >= 0.3 is 0 Å². The third-order valence-corrected chi connectivity index (χ3v) is 12.9. The first-order valence-corrected chi connectivity index (χ1v) is 20.5. The van der Waals surface area contributed by atoms with Crippen molar-refractivity contribution in [3.63, 3.8) is 0 Å². The van der Waals surface area contributed by atoms with Gasteiger partial charge in [-0.15, -0.1) is 0 Å². The molecule has 5 heterocycles. The Morgan fingerprint density at radius 3 is 2.02 bits per heavy atom. The molecule has 0 radical (unpaired) electrons. The highest BCUT2D eigenvalue weighted by atomic mass is 32.2. The van der Waals surface area contributed by atoms with Gasteiger partial charge in [-0.25, -0.2) is 9.97 Å². The summed E-state index contributed by atoms with van der Waals surface area (Å²) in [6, 6.07) is 57.9. The topological polar surface area (TPSA) is 64.7 Å². The Kier molecular flexibility index (Phi) is 7.62. The zero-order valence-electron chi connectivity index (χ0n) is 31.6. The van der Waals surface area contributed by atoms with Gasteiger partial charge in [0.25, 0.3) is 0 Å². The molecule has 0 fully saturated rings. The van der Waals surface area contributed by atoms with Crippen LogP contribution in [0.4, 0.5) is 0 Å². The first kappa shape index (κ1) is 33.7. The molecule has 0 amide bonds. The van der Waals surface area contributed by atoms with Crippen molar-refractivity contribution in [2.45, 2.75) is 15.2 Å². The molecule has 6 heteroatoms. The van der Waals surface area contributed by atoms with Crippen molar-refractivity contribution in [3.05, 3.63) is 216 Å². The molecule has 1 aliphatic heterocycles. The van der Waals surface area contributed by atoms with Crippen molar-refractivity contribution in [3.8, 4) is 45.2 Å². The number of para-hydroxylation sites is 1. The lowest BCUT2D eigenvalue weighted by molar-refractivity contribution is 0.659. The van der Waals surface area contributed by atoms with Gasteiger partial charge in [0.15, 0.2) is 5.82 Å². The number of hydrogen-bond donors (Lipinski definition) is 0. The third-order valence-electron chi connectivity index (χ3n) is 11.7. The Morgan fingerprint density at radius 1 is 0.441 bits per heavy atom. The van der Waals surface area contributed by atoms with Gasteiger partial charge in [-0.05, 0) is 94.0 Å². The number of pyridine rings is 2. The average molecular weight is 773 g/mol. The van der Waals surface area contributed by atoms with Gasteiger partial charge in [0.05, 0.1) is 22.5 Å². The van der Waals surface area contributed by atoms with Crippen LogP contribution in [0.25, 0.3) is 79.3 Å². The van der Waals surface area contributed by atoms with E-state index >= 15 is 0 Å². The number of benzene rings is 6. The van der Waals surface area contributed by atoms with Crippen LogP contribution in [0.15, 0.2) is 197 Å². The van der Waals surface area contributed by atoms with Gasteiger partial charge in [-0.1, -0.05) is 127 Å². The molecule has 1 aliphatic carbocycles. The normalized spacial score (nSPS) is 15.1. The van der Waals surface area contributed by atoms with Crippen molar-refractivity contribution in [2.24, 2.45) is 0 Å². The average Bonchev–Trinajstić information content (AvgIpc) is 3.60. The highest BCUT2D eigenvalue weighted by molar-refractivity contribution is 7.99. The summed E-state index contributed by atoms with van der Waals surface area (Å²) in [6.07, 6.45) is 10.0. The lowest BCUT2D eigenvalue weighted by Gasteiger charge is -2.42. The largest absolute Gasteiger partial charge is 0.456 e. The van der Waals surface area contributed by atoms with Crippen molar-refractivity contribution in [1.29, 1.82) is 0 Å². The molecular weight excluding hydrogens is 741 g/mol. The minimum Gasteiger partial charge on any atom is -0.456 e. The molecular formula is C53H32N4OS. The number of fused-ring (bicyclic) bond motifs is 11. The van der Waals surface area contributed by atoms with E-state index < -0.39 is 5.41 Å². The summed E-state index contributed by atoms with van der Waals surface area (Å²) >= 11 is 1.84.